The first-order valence-corrected chi connectivity index (χ1v) is 11.0. The van der Waals surface area contributed by atoms with Crippen LogP contribution in [0.1, 0.15) is 33.1 Å². The molecule has 0 saturated carbocycles. The predicted molar refractivity (Wildman–Crippen MR) is 105 cm³/mol. The number of nitrogens with zero attached hydrogens (tertiary/aromatic N) is 2. The van der Waals surface area contributed by atoms with Crippen LogP contribution in [0.25, 0.3) is 0 Å². The molecule has 1 saturated heterocycles. The van der Waals surface area contributed by atoms with Gasteiger partial charge in [-0.2, -0.15) is 4.31 Å². The molecule has 1 spiro atoms. The Labute approximate surface area is 164 Å². The summed E-state index contributed by atoms with van der Waals surface area (Å²) in [6.07, 6.45) is 1.63. The molecular weight excluding hydrogens is 390 g/mol. The third kappa shape index (κ3) is 4.80. The second-order valence-electron chi connectivity index (χ2n) is 7.56. The summed E-state index contributed by atoms with van der Waals surface area (Å²) in [5.74, 6) is -0.213. The second-order valence-corrected chi connectivity index (χ2v) is 10.0. The van der Waals surface area contributed by atoms with Crippen LogP contribution >= 0.6 is 11.6 Å². The van der Waals surface area contributed by atoms with E-state index in [4.69, 9.17) is 16.4 Å². The Balaban J connectivity index is 1.65. The van der Waals surface area contributed by atoms with Crippen molar-refractivity contribution in [3.63, 3.8) is 0 Å². The van der Waals surface area contributed by atoms with Gasteiger partial charge in [-0.3, -0.25) is 4.79 Å². The molecule has 1 fully saturated rings. The summed E-state index contributed by atoms with van der Waals surface area (Å²) in [7, 11) is -3.35. The minimum Gasteiger partial charge on any atom is -0.387 e. The molecule has 0 bridgehead atoms. The normalized spacial score (nSPS) is 23.3. The molecule has 1 N–H and O–H groups in total. The number of nitrogens with one attached hydrogen (secondary N) is 1. The van der Waals surface area contributed by atoms with Crippen LogP contribution in [0.15, 0.2) is 29.4 Å². The van der Waals surface area contributed by atoms with E-state index in [-0.39, 0.29) is 36.3 Å². The van der Waals surface area contributed by atoms with Gasteiger partial charge in [-0.1, -0.05) is 36.7 Å². The number of halogens is 1. The van der Waals surface area contributed by atoms with E-state index in [1.165, 1.54) is 4.31 Å². The summed E-state index contributed by atoms with van der Waals surface area (Å²) in [6.45, 7) is 4.46. The first-order chi connectivity index (χ1) is 12.7. The van der Waals surface area contributed by atoms with Crippen LogP contribution in [0.3, 0.4) is 0 Å². The topological polar surface area (TPSA) is 88.1 Å². The Morgan fingerprint density at radius 2 is 2.22 bits per heavy atom. The quantitative estimate of drug-likeness (QED) is 0.803. The number of carbonyl (C=O) groups is 1. The Bertz CT molecular complexity index is 856. The van der Waals surface area contributed by atoms with E-state index in [0.717, 1.165) is 0 Å². The molecule has 2 heterocycles. The molecule has 1 aromatic rings. The average molecular weight is 414 g/mol. The van der Waals surface area contributed by atoms with Crippen LogP contribution in [-0.4, -0.2) is 48.8 Å². The summed E-state index contributed by atoms with van der Waals surface area (Å²) < 4.78 is 26.6. The van der Waals surface area contributed by atoms with E-state index in [1.807, 2.05) is 13.8 Å². The van der Waals surface area contributed by atoms with Gasteiger partial charge in [0.05, 0.1) is 12.3 Å². The zero-order valence-corrected chi connectivity index (χ0v) is 17.0. The molecule has 0 aromatic heterocycles. The highest BCUT2D eigenvalue weighted by molar-refractivity contribution is 7.89. The minimum atomic E-state index is -3.35. The van der Waals surface area contributed by atoms with Crippen LogP contribution in [0.4, 0.5) is 5.69 Å². The molecule has 3 rings (SSSR count). The molecule has 0 aliphatic carbocycles. The Kier molecular flexibility index (Phi) is 5.79. The van der Waals surface area contributed by atoms with E-state index in [1.54, 1.807) is 24.3 Å². The number of piperidine rings is 1. The first kappa shape index (κ1) is 20.1. The Morgan fingerprint density at radius 1 is 1.44 bits per heavy atom. The van der Waals surface area contributed by atoms with Crippen molar-refractivity contribution in [2.75, 3.05) is 24.2 Å². The van der Waals surface area contributed by atoms with E-state index in [2.05, 4.69) is 10.5 Å². The van der Waals surface area contributed by atoms with E-state index >= 15 is 0 Å². The minimum absolute atomic E-state index is 0.0488. The highest BCUT2D eigenvalue weighted by Gasteiger charge is 2.47. The number of benzene rings is 1. The number of hydrogen-bond acceptors (Lipinski definition) is 5. The van der Waals surface area contributed by atoms with E-state index in [9.17, 15) is 13.2 Å². The molecule has 27 heavy (non-hydrogen) atoms. The number of anilines is 1. The number of hydrogen-bond donors (Lipinski definition) is 1. The SMILES string of the molecule is CC(C)CS(=O)(=O)N1CCCC2(CC(C(=O)Nc3cccc(Cl)c3)=NO2)C1. The monoisotopic (exact) mass is 413 g/mol. The van der Waals surface area contributed by atoms with Crippen molar-refractivity contribution >= 4 is 38.9 Å². The lowest BCUT2D eigenvalue weighted by Crippen LogP contribution is -2.51. The summed E-state index contributed by atoms with van der Waals surface area (Å²) in [5, 5.41) is 7.23. The third-order valence-corrected chi connectivity index (χ3v) is 7.05. The number of sulfonamides is 1. The Morgan fingerprint density at radius 3 is 2.93 bits per heavy atom. The molecule has 148 valence electrons. The highest BCUT2D eigenvalue weighted by atomic mass is 35.5. The molecule has 0 radical (unpaired) electrons. The molecule has 7 nitrogen and oxygen atoms in total. The van der Waals surface area contributed by atoms with Crippen LogP contribution in [-0.2, 0) is 19.7 Å². The van der Waals surface area contributed by atoms with Gasteiger partial charge in [0.25, 0.3) is 5.91 Å². The molecule has 1 atom stereocenters. The van der Waals surface area contributed by atoms with Crippen LogP contribution in [0.5, 0.6) is 0 Å². The number of carbonyl (C=O) groups excluding carboxylic acids is 1. The van der Waals surface area contributed by atoms with E-state index in [0.29, 0.717) is 30.1 Å². The summed E-state index contributed by atoms with van der Waals surface area (Å²) in [5.41, 5.74) is 0.0718. The van der Waals surface area contributed by atoms with Gasteiger partial charge in [-0.15, -0.1) is 0 Å². The third-order valence-electron chi connectivity index (χ3n) is 4.63. The molecular formula is C18H24ClN3O4S. The fraction of sp³-hybridized carbons (Fsp3) is 0.556. The van der Waals surface area contributed by atoms with E-state index < -0.39 is 15.6 Å². The maximum absolute atomic E-state index is 12.6. The maximum Gasteiger partial charge on any atom is 0.273 e. The van der Waals surface area contributed by atoms with Crippen LogP contribution < -0.4 is 5.32 Å². The zero-order valence-electron chi connectivity index (χ0n) is 15.4. The fourth-order valence-corrected chi connectivity index (χ4v) is 5.54. The molecule has 1 unspecified atom stereocenters. The lowest BCUT2D eigenvalue weighted by atomic mass is 9.89. The molecule has 2 aliphatic heterocycles. The van der Waals surface area contributed by atoms with Crippen molar-refractivity contribution in [3.05, 3.63) is 29.3 Å². The summed E-state index contributed by atoms with van der Waals surface area (Å²) in [6, 6.07) is 6.84. The van der Waals surface area contributed by atoms with Gasteiger partial charge in [0.15, 0.2) is 5.60 Å². The van der Waals surface area contributed by atoms with Crippen molar-refractivity contribution in [1.29, 1.82) is 0 Å². The predicted octanol–water partition coefficient (Wildman–Crippen LogP) is 2.88. The highest BCUT2D eigenvalue weighted by Crippen LogP contribution is 2.35. The van der Waals surface area contributed by atoms with Crippen molar-refractivity contribution in [3.8, 4) is 0 Å². The lowest BCUT2D eigenvalue weighted by molar-refractivity contribution is -0.110. The smallest absolute Gasteiger partial charge is 0.273 e. The van der Waals surface area contributed by atoms with Gasteiger partial charge in [-0.05, 0) is 37.0 Å². The zero-order chi connectivity index (χ0) is 19.7. The maximum atomic E-state index is 12.6. The molecule has 1 amide bonds. The van der Waals surface area contributed by atoms with Crippen molar-refractivity contribution < 1.29 is 18.0 Å². The molecule has 2 aliphatic rings. The summed E-state index contributed by atoms with van der Waals surface area (Å²) >= 11 is 5.93. The lowest BCUT2D eigenvalue weighted by Gasteiger charge is -2.37. The molecule has 1 aromatic carbocycles. The largest absolute Gasteiger partial charge is 0.387 e. The fourth-order valence-electron chi connectivity index (χ4n) is 3.45. The van der Waals surface area contributed by atoms with Gasteiger partial charge >= 0.3 is 0 Å². The molecule has 9 heteroatoms. The van der Waals surface area contributed by atoms with Gasteiger partial charge in [0.1, 0.15) is 5.71 Å². The second kappa shape index (κ2) is 7.77. The van der Waals surface area contributed by atoms with Gasteiger partial charge in [-0.25, -0.2) is 8.42 Å². The van der Waals surface area contributed by atoms with Crippen molar-refractivity contribution in [2.45, 2.75) is 38.7 Å². The standard InChI is InChI=1S/C18H24ClN3O4S/c1-13(2)11-27(24,25)22-8-4-7-18(12-22)10-16(21-26-18)17(23)20-15-6-3-5-14(19)9-15/h3,5-6,9,13H,4,7-8,10-12H2,1-2H3,(H,20,23). The summed E-state index contributed by atoms with van der Waals surface area (Å²) in [4.78, 5) is 18.1. The number of amides is 1. The number of rotatable bonds is 5. The van der Waals surface area contributed by atoms with Gasteiger partial charge in [0, 0.05) is 23.7 Å². The van der Waals surface area contributed by atoms with Crippen molar-refractivity contribution in [2.24, 2.45) is 11.1 Å². The van der Waals surface area contributed by atoms with Gasteiger partial charge < -0.3 is 10.2 Å². The average Bonchev–Trinajstić information content (AvgIpc) is 2.97. The van der Waals surface area contributed by atoms with Gasteiger partial charge in [0.2, 0.25) is 10.0 Å². The van der Waals surface area contributed by atoms with Crippen molar-refractivity contribution in [1.82, 2.24) is 4.31 Å². The van der Waals surface area contributed by atoms with Crippen LogP contribution in [0, 0.1) is 5.92 Å². The van der Waals surface area contributed by atoms with Crippen LogP contribution in [0.2, 0.25) is 5.02 Å². The first-order valence-electron chi connectivity index (χ1n) is 8.99. The Hall–Kier alpha value is -1.64. The number of oxime groups is 1.